The number of carbonyl (C=O) groups excluding carboxylic acids is 1. The molecule has 0 aliphatic heterocycles. The number of hydrogen-bond donors (Lipinski definition) is 1. The van der Waals surface area contributed by atoms with E-state index < -0.39 is 0 Å². The van der Waals surface area contributed by atoms with Crippen molar-refractivity contribution in [1.82, 2.24) is 5.32 Å². The SMILES string of the molecule is CCCCOc1ccc(CNC(=O)COc2ccc(C(C)CC)cc2Br)cc1OC. The first-order valence-corrected chi connectivity index (χ1v) is 11.3. The van der Waals surface area contributed by atoms with E-state index in [0.717, 1.165) is 35.0 Å². The molecular formula is C24H32BrNO4. The Kier molecular flexibility index (Phi) is 10.0. The van der Waals surface area contributed by atoms with Gasteiger partial charge in [-0.15, -0.1) is 0 Å². The van der Waals surface area contributed by atoms with Gasteiger partial charge in [-0.2, -0.15) is 0 Å². The molecule has 0 aromatic heterocycles. The van der Waals surface area contributed by atoms with Gasteiger partial charge in [-0.05, 0) is 70.1 Å². The quantitative estimate of drug-likeness (QED) is 0.389. The van der Waals surface area contributed by atoms with Gasteiger partial charge < -0.3 is 19.5 Å². The number of hydrogen-bond acceptors (Lipinski definition) is 4. The van der Waals surface area contributed by atoms with Crippen molar-refractivity contribution >= 4 is 21.8 Å². The summed E-state index contributed by atoms with van der Waals surface area (Å²) < 4.78 is 17.7. The zero-order chi connectivity index (χ0) is 21.9. The van der Waals surface area contributed by atoms with Crippen LogP contribution in [0.2, 0.25) is 0 Å². The molecule has 0 bridgehead atoms. The maximum absolute atomic E-state index is 12.2. The predicted molar refractivity (Wildman–Crippen MR) is 124 cm³/mol. The average Bonchev–Trinajstić information content (AvgIpc) is 2.76. The molecule has 30 heavy (non-hydrogen) atoms. The van der Waals surface area contributed by atoms with Gasteiger partial charge in [0.15, 0.2) is 18.1 Å². The van der Waals surface area contributed by atoms with Gasteiger partial charge in [0.1, 0.15) is 5.75 Å². The summed E-state index contributed by atoms with van der Waals surface area (Å²) in [7, 11) is 1.61. The van der Waals surface area contributed by atoms with E-state index in [1.165, 1.54) is 5.56 Å². The van der Waals surface area contributed by atoms with Gasteiger partial charge in [0.2, 0.25) is 0 Å². The third kappa shape index (κ3) is 7.24. The second kappa shape index (κ2) is 12.5. The number of amides is 1. The van der Waals surface area contributed by atoms with E-state index in [1.807, 2.05) is 30.3 Å². The fourth-order valence-corrected chi connectivity index (χ4v) is 3.35. The van der Waals surface area contributed by atoms with Gasteiger partial charge in [0.25, 0.3) is 5.91 Å². The van der Waals surface area contributed by atoms with E-state index in [1.54, 1.807) is 7.11 Å². The van der Waals surface area contributed by atoms with Crippen LogP contribution < -0.4 is 19.5 Å². The second-order valence-electron chi connectivity index (χ2n) is 7.25. The van der Waals surface area contributed by atoms with Crippen LogP contribution in [-0.2, 0) is 11.3 Å². The molecule has 0 radical (unpaired) electrons. The molecule has 0 fully saturated rings. The maximum Gasteiger partial charge on any atom is 0.258 e. The first-order chi connectivity index (χ1) is 14.5. The lowest BCUT2D eigenvalue weighted by Gasteiger charge is -2.14. The molecule has 0 aliphatic rings. The minimum Gasteiger partial charge on any atom is -0.493 e. The van der Waals surface area contributed by atoms with Crippen LogP contribution in [0.3, 0.4) is 0 Å². The number of ether oxygens (including phenoxy) is 3. The second-order valence-corrected chi connectivity index (χ2v) is 8.11. The van der Waals surface area contributed by atoms with Crippen LogP contribution in [0.4, 0.5) is 0 Å². The van der Waals surface area contributed by atoms with Crippen molar-refractivity contribution < 1.29 is 19.0 Å². The van der Waals surface area contributed by atoms with E-state index >= 15 is 0 Å². The van der Waals surface area contributed by atoms with Gasteiger partial charge in [0.05, 0.1) is 18.2 Å². The molecule has 6 heteroatoms. The Morgan fingerprint density at radius 3 is 2.50 bits per heavy atom. The molecule has 0 aliphatic carbocycles. The fourth-order valence-electron chi connectivity index (χ4n) is 2.84. The number of rotatable bonds is 12. The van der Waals surface area contributed by atoms with Crippen molar-refractivity contribution in [3.8, 4) is 17.2 Å². The van der Waals surface area contributed by atoms with Crippen LogP contribution in [-0.4, -0.2) is 26.2 Å². The first-order valence-electron chi connectivity index (χ1n) is 10.5. The minimum atomic E-state index is -0.185. The van der Waals surface area contributed by atoms with Crippen molar-refractivity contribution in [3.05, 3.63) is 52.0 Å². The van der Waals surface area contributed by atoms with Crippen molar-refractivity contribution in [2.75, 3.05) is 20.3 Å². The van der Waals surface area contributed by atoms with Crippen LogP contribution in [0.5, 0.6) is 17.2 Å². The monoisotopic (exact) mass is 477 g/mol. The van der Waals surface area contributed by atoms with E-state index in [2.05, 4.69) is 48.1 Å². The van der Waals surface area contributed by atoms with Crippen LogP contribution in [0.15, 0.2) is 40.9 Å². The van der Waals surface area contributed by atoms with Crippen molar-refractivity contribution in [2.45, 2.75) is 52.5 Å². The summed E-state index contributed by atoms with van der Waals surface area (Å²) in [5.41, 5.74) is 2.18. The Balaban J connectivity index is 1.86. The van der Waals surface area contributed by atoms with Gasteiger partial charge in [-0.3, -0.25) is 4.79 Å². The number of nitrogens with one attached hydrogen (secondary N) is 1. The summed E-state index contributed by atoms with van der Waals surface area (Å²) >= 11 is 3.53. The molecule has 2 rings (SSSR count). The van der Waals surface area contributed by atoms with Crippen molar-refractivity contribution in [3.63, 3.8) is 0 Å². The van der Waals surface area contributed by atoms with Crippen LogP contribution in [0, 0.1) is 0 Å². The third-order valence-electron chi connectivity index (χ3n) is 4.97. The van der Waals surface area contributed by atoms with Crippen LogP contribution in [0.1, 0.15) is 57.1 Å². The van der Waals surface area contributed by atoms with Gasteiger partial charge >= 0.3 is 0 Å². The molecule has 1 atom stereocenters. The predicted octanol–water partition coefficient (Wildman–Crippen LogP) is 5.85. The zero-order valence-corrected chi connectivity index (χ0v) is 19.9. The van der Waals surface area contributed by atoms with E-state index in [0.29, 0.717) is 30.6 Å². The number of methoxy groups -OCH3 is 1. The number of unbranched alkanes of at least 4 members (excludes halogenated alkanes) is 1. The largest absolute Gasteiger partial charge is 0.493 e. The summed E-state index contributed by atoms with van der Waals surface area (Å²) in [5.74, 6) is 2.34. The fraction of sp³-hybridized carbons (Fsp3) is 0.458. The van der Waals surface area contributed by atoms with E-state index in [-0.39, 0.29) is 12.5 Å². The molecule has 2 aromatic carbocycles. The van der Waals surface area contributed by atoms with E-state index in [4.69, 9.17) is 14.2 Å². The summed E-state index contributed by atoms with van der Waals surface area (Å²) in [6.07, 6.45) is 3.15. The van der Waals surface area contributed by atoms with E-state index in [9.17, 15) is 4.79 Å². The average molecular weight is 478 g/mol. The summed E-state index contributed by atoms with van der Waals surface area (Å²) in [6.45, 7) is 7.48. The normalized spacial score (nSPS) is 11.6. The highest BCUT2D eigenvalue weighted by Crippen LogP contribution is 2.30. The van der Waals surface area contributed by atoms with Gasteiger partial charge in [-0.25, -0.2) is 0 Å². The van der Waals surface area contributed by atoms with Crippen molar-refractivity contribution in [2.24, 2.45) is 0 Å². The number of carbonyl (C=O) groups is 1. The molecular weight excluding hydrogens is 446 g/mol. The van der Waals surface area contributed by atoms with Crippen LogP contribution >= 0.6 is 15.9 Å². The zero-order valence-electron chi connectivity index (χ0n) is 18.3. The number of benzene rings is 2. The Morgan fingerprint density at radius 2 is 1.83 bits per heavy atom. The summed E-state index contributed by atoms with van der Waals surface area (Å²) in [5, 5.41) is 2.87. The first kappa shape index (κ1) is 24.1. The lowest BCUT2D eigenvalue weighted by molar-refractivity contribution is -0.123. The highest BCUT2D eigenvalue weighted by molar-refractivity contribution is 9.10. The highest BCUT2D eigenvalue weighted by Gasteiger charge is 2.10. The highest BCUT2D eigenvalue weighted by atomic mass is 79.9. The number of halogens is 1. The molecule has 1 amide bonds. The van der Waals surface area contributed by atoms with Gasteiger partial charge in [-0.1, -0.05) is 39.3 Å². The smallest absolute Gasteiger partial charge is 0.258 e. The standard InChI is InChI=1S/C24H32BrNO4/c1-5-7-12-29-22-10-8-18(13-23(22)28-4)15-26-24(27)16-30-21-11-9-19(14-20(21)25)17(3)6-2/h8-11,13-14,17H,5-7,12,15-16H2,1-4H3,(H,26,27). The maximum atomic E-state index is 12.2. The molecule has 0 saturated heterocycles. The summed E-state index contributed by atoms with van der Waals surface area (Å²) in [6, 6.07) is 11.7. The lowest BCUT2D eigenvalue weighted by Crippen LogP contribution is -2.28. The molecule has 5 nitrogen and oxygen atoms in total. The molecule has 2 aromatic rings. The molecule has 1 N–H and O–H groups in total. The Morgan fingerprint density at radius 1 is 1.07 bits per heavy atom. The topological polar surface area (TPSA) is 56.8 Å². The third-order valence-corrected chi connectivity index (χ3v) is 5.59. The Hall–Kier alpha value is -2.21. The minimum absolute atomic E-state index is 0.0450. The van der Waals surface area contributed by atoms with Gasteiger partial charge in [0, 0.05) is 6.54 Å². The molecule has 1 unspecified atom stereocenters. The molecule has 0 spiro atoms. The molecule has 0 heterocycles. The molecule has 164 valence electrons. The molecule has 0 saturated carbocycles. The summed E-state index contributed by atoms with van der Waals surface area (Å²) in [4.78, 5) is 12.2. The lowest BCUT2D eigenvalue weighted by atomic mass is 9.99. The van der Waals surface area contributed by atoms with Crippen LogP contribution in [0.25, 0.3) is 0 Å². The Labute approximate surface area is 188 Å². The Bertz CT molecular complexity index is 825. The van der Waals surface area contributed by atoms with Crippen molar-refractivity contribution in [1.29, 1.82) is 0 Å².